The highest BCUT2D eigenvalue weighted by atomic mass is 16.5. The highest BCUT2D eigenvalue weighted by Gasteiger charge is 2.19. The van der Waals surface area contributed by atoms with E-state index >= 15 is 0 Å². The van der Waals surface area contributed by atoms with Crippen LogP contribution in [-0.4, -0.2) is 24.7 Å². The van der Waals surface area contributed by atoms with Crippen LogP contribution in [0.25, 0.3) is 10.9 Å². The highest BCUT2D eigenvalue weighted by molar-refractivity contribution is 5.98. The van der Waals surface area contributed by atoms with Crippen molar-refractivity contribution >= 4 is 16.6 Å². The third kappa shape index (κ3) is 2.68. The summed E-state index contributed by atoms with van der Waals surface area (Å²) in [6.07, 6.45) is 1.81. The molecule has 2 aromatic rings. The molecule has 0 spiro atoms. The van der Waals surface area contributed by atoms with Gasteiger partial charge in [-0.25, -0.2) is 0 Å². The number of hydrogen-bond donors (Lipinski definition) is 3. The normalized spacial score (nSPS) is 13.7. The largest absolute Gasteiger partial charge is 0.493 e. The molecular weight excluding hydrogens is 278 g/mol. The molecule has 3 rings (SSSR count). The monoisotopic (exact) mass is 301 g/mol. The maximum Gasteiger partial charge on any atom is 0.253 e. The molecule has 3 N–H and O–H groups in total. The summed E-state index contributed by atoms with van der Waals surface area (Å²) >= 11 is 0. The molecule has 22 heavy (non-hydrogen) atoms. The Morgan fingerprint density at radius 3 is 2.95 bits per heavy atom. The van der Waals surface area contributed by atoms with Gasteiger partial charge in [-0.2, -0.15) is 0 Å². The second-order valence-electron chi connectivity index (χ2n) is 5.57. The minimum Gasteiger partial charge on any atom is -0.493 e. The molecule has 1 aliphatic heterocycles. The summed E-state index contributed by atoms with van der Waals surface area (Å²) in [5.41, 5.74) is 3.77. The van der Waals surface area contributed by atoms with Crippen LogP contribution in [0.2, 0.25) is 0 Å². The second kappa shape index (κ2) is 6.40. The lowest BCUT2D eigenvalue weighted by Gasteiger charge is -2.21. The first-order valence-electron chi connectivity index (χ1n) is 8.03. The molecule has 5 heteroatoms. The van der Waals surface area contributed by atoms with Crippen molar-refractivity contribution in [3.8, 4) is 5.75 Å². The van der Waals surface area contributed by atoms with E-state index in [0.29, 0.717) is 6.61 Å². The van der Waals surface area contributed by atoms with Gasteiger partial charge >= 0.3 is 0 Å². The lowest BCUT2D eigenvalue weighted by molar-refractivity contribution is 0.344. The van der Waals surface area contributed by atoms with E-state index in [1.165, 1.54) is 0 Å². The lowest BCUT2D eigenvalue weighted by Crippen LogP contribution is -2.22. The van der Waals surface area contributed by atoms with E-state index in [0.717, 1.165) is 65.9 Å². The van der Waals surface area contributed by atoms with E-state index < -0.39 is 0 Å². The topological polar surface area (TPSA) is 66.1 Å². The molecule has 1 aliphatic rings. The van der Waals surface area contributed by atoms with Gasteiger partial charge in [-0.15, -0.1) is 0 Å². The number of anilines is 1. The molecular formula is C17H23N3O2. The first kappa shape index (κ1) is 14.9. The summed E-state index contributed by atoms with van der Waals surface area (Å²) in [6.45, 7) is 7.23. The quantitative estimate of drug-likeness (QED) is 0.793. The van der Waals surface area contributed by atoms with Gasteiger partial charge in [0.15, 0.2) is 0 Å². The SMILES string of the molecule is CCNCc1cc(OCC)c2c3c(c(=O)[nH]c2c1)CCCN3. The Bertz CT molecular complexity index is 737. The Labute approximate surface area is 130 Å². The zero-order valence-corrected chi connectivity index (χ0v) is 13.2. The summed E-state index contributed by atoms with van der Waals surface area (Å²) in [4.78, 5) is 15.4. The number of aromatic nitrogens is 1. The predicted octanol–water partition coefficient (Wildman–Crippen LogP) is 2.39. The number of fused-ring (bicyclic) bond motifs is 3. The van der Waals surface area contributed by atoms with E-state index in [2.05, 4.69) is 28.6 Å². The smallest absolute Gasteiger partial charge is 0.253 e. The van der Waals surface area contributed by atoms with Crippen LogP contribution in [0.15, 0.2) is 16.9 Å². The van der Waals surface area contributed by atoms with Crippen molar-refractivity contribution in [3.63, 3.8) is 0 Å². The molecule has 0 saturated heterocycles. The number of nitrogens with one attached hydrogen (secondary N) is 3. The number of H-pyrrole nitrogens is 1. The molecule has 5 nitrogen and oxygen atoms in total. The number of benzene rings is 1. The molecule has 1 aromatic carbocycles. The molecule has 0 amide bonds. The molecule has 0 unspecified atom stereocenters. The maximum absolute atomic E-state index is 12.3. The van der Waals surface area contributed by atoms with Gasteiger partial charge in [-0.1, -0.05) is 6.92 Å². The van der Waals surface area contributed by atoms with Crippen molar-refractivity contribution in [1.29, 1.82) is 0 Å². The third-order valence-corrected chi connectivity index (χ3v) is 4.02. The van der Waals surface area contributed by atoms with Gasteiger partial charge in [0, 0.05) is 18.7 Å². The Balaban J connectivity index is 2.22. The first-order valence-corrected chi connectivity index (χ1v) is 8.03. The van der Waals surface area contributed by atoms with E-state index in [1.54, 1.807) is 0 Å². The third-order valence-electron chi connectivity index (χ3n) is 4.02. The first-order chi connectivity index (χ1) is 10.7. The van der Waals surface area contributed by atoms with Crippen molar-refractivity contribution in [2.24, 2.45) is 0 Å². The molecule has 0 bridgehead atoms. The minimum atomic E-state index is 0.0118. The van der Waals surface area contributed by atoms with Gasteiger partial charge in [-0.3, -0.25) is 4.79 Å². The molecule has 0 saturated carbocycles. The van der Waals surface area contributed by atoms with Crippen LogP contribution in [0.4, 0.5) is 5.69 Å². The van der Waals surface area contributed by atoms with E-state index in [1.807, 2.05) is 13.0 Å². The fourth-order valence-corrected chi connectivity index (χ4v) is 3.04. The number of ether oxygens (including phenoxy) is 1. The van der Waals surface area contributed by atoms with E-state index in [4.69, 9.17) is 4.74 Å². The average molecular weight is 301 g/mol. The van der Waals surface area contributed by atoms with Crippen LogP contribution < -0.4 is 20.9 Å². The van der Waals surface area contributed by atoms with Gasteiger partial charge in [0.1, 0.15) is 5.75 Å². The van der Waals surface area contributed by atoms with E-state index in [9.17, 15) is 4.79 Å². The van der Waals surface area contributed by atoms with Crippen LogP contribution in [0.5, 0.6) is 5.75 Å². The zero-order chi connectivity index (χ0) is 15.5. The number of hydrogen-bond acceptors (Lipinski definition) is 4. The molecule has 0 fully saturated rings. The van der Waals surface area contributed by atoms with Crippen molar-refractivity contribution < 1.29 is 4.74 Å². The molecule has 118 valence electrons. The zero-order valence-electron chi connectivity index (χ0n) is 13.2. The number of aromatic amines is 1. The van der Waals surface area contributed by atoms with Crippen LogP contribution in [0, 0.1) is 0 Å². The summed E-state index contributed by atoms with van der Waals surface area (Å²) in [5.74, 6) is 0.842. The summed E-state index contributed by atoms with van der Waals surface area (Å²) in [6, 6.07) is 4.11. The summed E-state index contributed by atoms with van der Waals surface area (Å²) in [7, 11) is 0. The van der Waals surface area contributed by atoms with E-state index in [-0.39, 0.29) is 5.56 Å². The summed E-state index contributed by atoms with van der Waals surface area (Å²) < 4.78 is 5.86. The number of rotatable bonds is 5. The Morgan fingerprint density at radius 1 is 1.32 bits per heavy atom. The van der Waals surface area contributed by atoms with Crippen LogP contribution in [0.1, 0.15) is 31.4 Å². The minimum absolute atomic E-state index is 0.0118. The summed E-state index contributed by atoms with van der Waals surface area (Å²) in [5, 5.41) is 7.70. The molecule has 1 aromatic heterocycles. The van der Waals surface area contributed by atoms with Gasteiger partial charge in [-0.05, 0) is 44.0 Å². The van der Waals surface area contributed by atoms with Crippen LogP contribution >= 0.6 is 0 Å². The molecule has 0 radical (unpaired) electrons. The fourth-order valence-electron chi connectivity index (χ4n) is 3.04. The Hall–Kier alpha value is -2.01. The Morgan fingerprint density at radius 2 is 2.18 bits per heavy atom. The van der Waals surface area contributed by atoms with Crippen molar-refractivity contribution in [1.82, 2.24) is 10.3 Å². The second-order valence-corrected chi connectivity index (χ2v) is 5.57. The predicted molar refractivity (Wildman–Crippen MR) is 89.9 cm³/mol. The van der Waals surface area contributed by atoms with Gasteiger partial charge in [0.25, 0.3) is 5.56 Å². The van der Waals surface area contributed by atoms with Gasteiger partial charge in [0.05, 0.1) is 23.2 Å². The number of pyridine rings is 1. The highest BCUT2D eigenvalue weighted by Crippen LogP contribution is 2.35. The van der Waals surface area contributed by atoms with Gasteiger partial charge < -0.3 is 20.4 Å². The lowest BCUT2D eigenvalue weighted by atomic mass is 9.99. The standard InChI is InChI=1S/C17H23N3O2/c1-3-18-10-11-8-13-15(14(9-11)22-4-2)16-12(17(21)20-13)6-5-7-19-16/h8-9,18-19H,3-7,10H2,1-2H3,(H,20,21). The van der Waals surface area contributed by atoms with Crippen molar-refractivity contribution in [2.45, 2.75) is 33.2 Å². The molecule has 0 aliphatic carbocycles. The average Bonchev–Trinajstić information content (AvgIpc) is 2.53. The Kier molecular flexibility index (Phi) is 4.34. The fraction of sp³-hybridized carbons (Fsp3) is 0.471. The van der Waals surface area contributed by atoms with Gasteiger partial charge in [0.2, 0.25) is 0 Å². The molecule has 0 atom stereocenters. The van der Waals surface area contributed by atoms with Crippen LogP contribution in [0.3, 0.4) is 0 Å². The van der Waals surface area contributed by atoms with Crippen molar-refractivity contribution in [2.75, 3.05) is 25.0 Å². The van der Waals surface area contributed by atoms with Crippen LogP contribution in [-0.2, 0) is 13.0 Å². The molecule has 2 heterocycles. The van der Waals surface area contributed by atoms with Crippen molar-refractivity contribution in [3.05, 3.63) is 33.6 Å². The maximum atomic E-state index is 12.3.